The zero-order valence-electron chi connectivity index (χ0n) is 34.6. The van der Waals surface area contributed by atoms with Crippen molar-refractivity contribution in [2.45, 2.75) is 74.5 Å². The fraction of sp³-hybridized carbons (Fsp3) is 0.417. The van der Waals surface area contributed by atoms with E-state index >= 15 is 0 Å². The summed E-state index contributed by atoms with van der Waals surface area (Å²) in [5.41, 5.74) is 6.49. The molecule has 11 nitrogen and oxygen atoms in total. The Balaban J connectivity index is 0.757. The molecule has 11 rings (SSSR count). The highest BCUT2D eigenvalue weighted by Gasteiger charge is 2.52. The zero-order chi connectivity index (χ0) is 42.4. The Morgan fingerprint density at radius 2 is 1.61 bits per heavy atom. The summed E-state index contributed by atoms with van der Waals surface area (Å²) in [5, 5.41) is 18.5. The number of carbonyl (C=O) groups excluding carboxylic acids is 1. The highest BCUT2D eigenvalue weighted by atomic mass is 32.2. The van der Waals surface area contributed by atoms with Crippen LogP contribution in [0, 0.1) is 33.8 Å². The highest BCUT2D eigenvalue weighted by Crippen LogP contribution is 2.61. The second kappa shape index (κ2) is 17.0. The molecule has 5 aromatic rings. The molecule has 14 heteroatoms. The van der Waals surface area contributed by atoms with Crippen molar-refractivity contribution < 1.29 is 22.9 Å². The van der Waals surface area contributed by atoms with Crippen LogP contribution in [0.25, 0.3) is 26.4 Å². The number of sulfonamides is 1. The van der Waals surface area contributed by atoms with Crippen LogP contribution in [0.4, 0.5) is 17.1 Å². The maximum atomic E-state index is 13.2. The smallest absolute Gasteiger partial charge is 0.293 e. The molecule has 3 aromatic carbocycles. The summed E-state index contributed by atoms with van der Waals surface area (Å²) >= 11 is 3.65. The lowest BCUT2D eigenvalue weighted by Crippen LogP contribution is -2.48. The van der Waals surface area contributed by atoms with Gasteiger partial charge in [-0.25, -0.2) is 18.1 Å². The number of hydrogen-bond acceptors (Lipinski definition) is 11. The van der Waals surface area contributed by atoms with Crippen LogP contribution in [0.5, 0.6) is 0 Å². The maximum Gasteiger partial charge on any atom is 0.293 e. The van der Waals surface area contributed by atoms with Crippen LogP contribution in [-0.4, -0.2) is 57.1 Å². The fourth-order valence-electron chi connectivity index (χ4n) is 11.2. The number of nitro groups is 1. The number of carbonyl (C=O) groups is 1. The molecule has 6 fully saturated rings. The molecular formula is C48H51N5O6S3. The Morgan fingerprint density at radius 1 is 0.919 bits per heavy atom. The molecule has 4 bridgehead atoms. The van der Waals surface area contributed by atoms with Gasteiger partial charge in [0, 0.05) is 65.8 Å². The van der Waals surface area contributed by atoms with Gasteiger partial charge in [0.1, 0.15) is 10.7 Å². The predicted octanol–water partition coefficient (Wildman–Crippen LogP) is 10.6. The molecule has 2 aromatic heterocycles. The number of aromatic nitrogens is 1. The number of thiophene rings is 1. The number of amides is 1. The molecule has 2 aliphatic heterocycles. The Labute approximate surface area is 370 Å². The number of rotatable bonds is 12. The van der Waals surface area contributed by atoms with Crippen LogP contribution < -0.4 is 14.9 Å². The molecule has 4 saturated carbocycles. The number of anilines is 2. The van der Waals surface area contributed by atoms with Crippen LogP contribution in [-0.2, 0) is 20.2 Å². The van der Waals surface area contributed by atoms with Gasteiger partial charge >= 0.3 is 0 Å². The van der Waals surface area contributed by atoms with E-state index in [4.69, 9.17) is 9.72 Å². The van der Waals surface area contributed by atoms with E-state index in [1.54, 1.807) is 12.1 Å². The number of nitrogens with one attached hydrogen (secondary N) is 2. The Morgan fingerprint density at radius 3 is 2.32 bits per heavy atom. The fourth-order valence-corrected chi connectivity index (χ4v) is 14.2. The van der Waals surface area contributed by atoms with Crippen LogP contribution in [0.15, 0.2) is 94.7 Å². The first kappa shape index (κ1) is 41.1. The molecule has 6 aliphatic rings. The van der Waals surface area contributed by atoms with Gasteiger partial charge < -0.3 is 15.0 Å². The van der Waals surface area contributed by atoms with Gasteiger partial charge in [0.15, 0.2) is 0 Å². The SMILES string of the molecule is O=C(NS(=O)(=O)c1ccc(NCC2CCOCC2)c([N+](=O)[O-])c1)c1ccc(N2CCC(=Cc3ccccc3-c3ccc(-c4nc(C56CC7CC(CC(C7)C5)C6)cs4)s3)CC2)cc1. The third kappa shape index (κ3) is 8.46. The van der Waals surface area contributed by atoms with Gasteiger partial charge in [-0.2, -0.15) is 0 Å². The van der Waals surface area contributed by atoms with E-state index in [1.807, 2.05) is 34.8 Å². The second-order valence-corrected chi connectivity index (χ2v) is 21.8. The van der Waals surface area contributed by atoms with Crippen molar-refractivity contribution in [1.82, 2.24) is 9.71 Å². The van der Waals surface area contributed by atoms with Crippen LogP contribution >= 0.6 is 22.7 Å². The summed E-state index contributed by atoms with van der Waals surface area (Å²) < 4.78 is 33.9. The summed E-state index contributed by atoms with van der Waals surface area (Å²) in [6.07, 6.45) is 14.2. The quantitative estimate of drug-likeness (QED) is 0.0924. The molecule has 4 heterocycles. The summed E-state index contributed by atoms with van der Waals surface area (Å²) in [4.78, 5) is 34.2. The average molecular weight is 890 g/mol. The molecule has 62 heavy (non-hydrogen) atoms. The summed E-state index contributed by atoms with van der Waals surface area (Å²) in [5.74, 6) is 2.22. The number of nitrogens with zero attached hydrogens (tertiary/aromatic N) is 3. The first-order valence-electron chi connectivity index (χ1n) is 21.9. The molecule has 2 N–H and O–H groups in total. The van der Waals surface area contributed by atoms with E-state index in [0.29, 0.717) is 31.1 Å². The Bertz CT molecular complexity index is 2580. The second-order valence-electron chi connectivity index (χ2n) is 18.1. The van der Waals surface area contributed by atoms with E-state index in [1.165, 1.54) is 82.8 Å². The summed E-state index contributed by atoms with van der Waals surface area (Å²) in [6.45, 7) is 3.43. The lowest BCUT2D eigenvalue weighted by atomic mass is 9.49. The third-order valence-electron chi connectivity index (χ3n) is 14.0. The minimum atomic E-state index is -4.38. The van der Waals surface area contributed by atoms with Crippen molar-refractivity contribution in [2.24, 2.45) is 23.7 Å². The van der Waals surface area contributed by atoms with E-state index in [2.05, 4.69) is 62.8 Å². The molecule has 2 saturated heterocycles. The number of piperidine rings is 1. The molecule has 0 radical (unpaired) electrons. The first-order chi connectivity index (χ1) is 30.1. The monoisotopic (exact) mass is 889 g/mol. The lowest BCUT2D eigenvalue weighted by Gasteiger charge is -2.56. The molecule has 0 atom stereocenters. The van der Waals surface area contributed by atoms with Gasteiger partial charge in [-0.1, -0.05) is 35.9 Å². The normalized spacial score (nSPS) is 23.6. The van der Waals surface area contributed by atoms with Crippen molar-refractivity contribution >= 4 is 61.7 Å². The molecular weight excluding hydrogens is 839 g/mol. The molecule has 0 spiro atoms. The first-order valence-corrected chi connectivity index (χ1v) is 25.1. The van der Waals surface area contributed by atoms with Crippen molar-refractivity contribution in [2.75, 3.05) is 43.1 Å². The maximum absolute atomic E-state index is 13.2. The number of ether oxygens (including phenoxy) is 1. The molecule has 4 aliphatic carbocycles. The largest absolute Gasteiger partial charge is 0.381 e. The summed E-state index contributed by atoms with van der Waals surface area (Å²) in [7, 11) is -4.38. The number of benzene rings is 3. The minimum Gasteiger partial charge on any atom is -0.381 e. The zero-order valence-corrected chi connectivity index (χ0v) is 37.0. The lowest BCUT2D eigenvalue weighted by molar-refractivity contribution is -0.384. The van der Waals surface area contributed by atoms with Crippen molar-refractivity contribution in [3.05, 3.63) is 117 Å². The summed E-state index contributed by atoms with van der Waals surface area (Å²) in [6, 6.07) is 23.7. The van der Waals surface area contributed by atoms with E-state index < -0.39 is 20.9 Å². The van der Waals surface area contributed by atoms with Gasteiger partial charge in [0.25, 0.3) is 21.6 Å². The minimum absolute atomic E-state index is 0.172. The topological polar surface area (TPSA) is 144 Å². The van der Waals surface area contributed by atoms with Crippen LogP contribution in [0.3, 0.4) is 0 Å². The van der Waals surface area contributed by atoms with E-state index in [0.717, 1.165) is 73.3 Å². The number of hydrogen-bond donors (Lipinski definition) is 2. The standard InChI is InChI=1S/C48H51N5O6S3/c54-46(51-62(57,58)39-9-10-41(42(25-39)53(55)56)49-29-32-15-19-59-20-16-32)36-5-7-38(8-6-36)52-17-13-31(14-18-52)24-37-3-1-2-4-40(37)43-11-12-44(61-43)47-50-45(30-60-47)48-26-33-21-34(27-48)23-35(22-33)28-48/h1-12,24-25,30,32-35,49H,13-23,26-29H2,(H,51,54). The molecule has 0 unspecified atom stereocenters. The Hall–Kier alpha value is -4.89. The predicted molar refractivity (Wildman–Crippen MR) is 246 cm³/mol. The molecule has 322 valence electrons. The number of nitro benzene ring substituents is 1. The van der Waals surface area contributed by atoms with Gasteiger partial charge in [0.2, 0.25) is 0 Å². The van der Waals surface area contributed by atoms with Gasteiger partial charge in [-0.15, -0.1) is 22.7 Å². The third-order valence-corrected chi connectivity index (χ3v) is 17.5. The van der Waals surface area contributed by atoms with Gasteiger partial charge in [0.05, 0.1) is 20.4 Å². The van der Waals surface area contributed by atoms with Gasteiger partial charge in [-0.3, -0.25) is 14.9 Å². The van der Waals surface area contributed by atoms with E-state index in [9.17, 15) is 23.3 Å². The van der Waals surface area contributed by atoms with Crippen LogP contribution in [0.1, 0.15) is 85.8 Å². The van der Waals surface area contributed by atoms with Crippen molar-refractivity contribution in [3.63, 3.8) is 0 Å². The number of thiazole rings is 1. The van der Waals surface area contributed by atoms with Crippen LogP contribution in [0.2, 0.25) is 0 Å². The van der Waals surface area contributed by atoms with Gasteiger partial charge in [-0.05, 0) is 148 Å². The van der Waals surface area contributed by atoms with E-state index in [-0.39, 0.29) is 21.8 Å². The highest BCUT2D eigenvalue weighted by molar-refractivity contribution is 7.90. The average Bonchev–Trinajstić information content (AvgIpc) is 3.98. The Kier molecular flexibility index (Phi) is 11.3. The van der Waals surface area contributed by atoms with Crippen molar-refractivity contribution in [3.8, 4) is 20.3 Å². The molecule has 1 amide bonds. The van der Waals surface area contributed by atoms with Crippen molar-refractivity contribution in [1.29, 1.82) is 0 Å².